The van der Waals surface area contributed by atoms with Crippen LogP contribution in [0.5, 0.6) is 0 Å². The molecule has 0 spiro atoms. The molecule has 98 valence electrons. The van der Waals surface area contributed by atoms with E-state index in [1.807, 2.05) is 4.90 Å². The van der Waals surface area contributed by atoms with Crippen LogP contribution >= 0.6 is 23.2 Å². The highest BCUT2D eigenvalue weighted by atomic mass is 35.5. The van der Waals surface area contributed by atoms with Crippen molar-refractivity contribution in [1.82, 2.24) is 4.90 Å². The van der Waals surface area contributed by atoms with E-state index in [0.717, 1.165) is 25.1 Å². The zero-order valence-corrected chi connectivity index (χ0v) is 11.5. The number of hydrogen-bond acceptors (Lipinski definition) is 2. The van der Waals surface area contributed by atoms with E-state index in [9.17, 15) is 4.79 Å². The quantitative estimate of drug-likeness (QED) is 0.927. The van der Waals surface area contributed by atoms with Crippen LogP contribution in [0.25, 0.3) is 0 Å². The van der Waals surface area contributed by atoms with Gasteiger partial charge >= 0.3 is 0 Å². The highest BCUT2D eigenvalue weighted by Crippen LogP contribution is 2.23. The summed E-state index contributed by atoms with van der Waals surface area (Å²) < 4.78 is 0. The summed E-state index contributed by atoms with van der Waals surface area (Å²) in [6.45, 7) is 2.19. The molecular weight excluding hydrogens is 271 g/mol. The minimum absolute atomic E-state index is 0.0927. The molecule has 1 atom stereocenters. The lowest BCUT2D eigenvalue weighted by molar-refractivity contribution is -0.129. The number of amides is 1. The molecule has 1 aliphatic heterocycles. The lowest BCUT2D eigenvalue weighted by atomic mass is 10.1. The van der Waals surface area contributed by atoms with Gasteiger partial charge in [-0.1, -0.05) is 23.2 Å². The van der Waals surface area contributed by atoms with Crippen LogP contribution in [0.4, 0.5) is 0 Å². The predicted octanol–water partition coefficient (Wildman–Crippen LogP) is 2.34. The first kappa shape index (κ1) is 13.7. The van der Waals surface area contributed by atoms with Crippen LogP contribution < -0.4 is 5.73 Å². The molecule has 0 bridgehead atoms. The maximum atomic E-state index is 12.1. The van der Waals surface area contributed by atoms with E-state index < -0.39 is 0 Å². The van der Waals surface area contributed by atoms with Crippen molar-refractivity contribution in [2.75, 3.05) is 19.6 Å². The third-order valence-electron chi connectivity index (χ3n) is 3.32. The van der Waals surface area contributed by atoms with E-state index in [4.69, 9.17) is 28.9 Å². The van der Waals surface area contributed by atoms with Gasteiger partial charge in [-0.2, -0.15) is 0 Å². The predicted molar refractivity (Wildman–Crippen MR) is 73.9 cm³/mol. The van der Waals surface area contributed by atoms with Crippen LogP contribution in [0.3, 0.4) is 0 Å². The second kappa shape index (κ2) is 5.91. The van der Waals surface area contributed by atoms with Gasteiger partial charge in [0.25, 0.3) is 0 Å². The molecule has 0 saturated carbocycles. The van der Waals surface area contributed by atoms with Gasteiger partial charge in [-0.15, -0.1) is 0 Å². The Morgan fingerprint density at radius 1 is 1.44 bits per heavy atom. The zero-order chi connectivity index (χ0) is 13.1. The van der Waals surface area contributed by atoms with Crippen molar-refractivity contribution in [3.05, 3.63) is 33.8 Å². The molecule has 5 heteroatoms. The number of hydrogen-bond donors (Lipinski definition) is 1. The number of carbonyl (C=O) groups is 1. The molecular formula is C13H16Cl2N2O. The van der Waals surface area contributed by atoms with Crippen molar-refractivity contribution in [2.45, 2.75) is 12.8 Å². The van der Waals surface area contributed by atoms with Crippen molar-refractivity contribution in [3.63, 3.8) is 0 Å². The topological polar surface area (TPSA) is 46.3 Å². The summed E-state index contributed by atoms with van der Waals surface area (Å²) in [6.07, 6.45) is 1.29. The lowest BCUT2D eigenvalue weighted by Gasteiger charge is -2.16. The number of rotatable bonds is 3. The van der Waals surface area contributed by atoms with Crippen molar-refractivity contribution < 1.29 is 4.79 Å². The van der Waals surface area contributed by atoms with Gasteiger partial charge in [0.05, 0.1) is 6.42 Å². The molecule has 2 N–H and O–H groups in total. The average Bonchev–Trinajstić information content (AvgIpc) is 2.82. The standard InChI is InChI=1S/C13H16Cl2N2O/c14-11-1-2-12(15)10(5-11)6-13(18)17-4-3-9(7-16)8-17/h1-2,5,9H,3-4,6-8,16H2. The number of nitrogens with zero attached hydrogens (tertiary/aromatic N) is 1. The van der Waals surface area contributed by atoms with Gasteiger partial charge in [0.1, 0.15) is 0 Å². The molecule has 1 heterocycles. The van der Waals surface area contributed by atoms with Gasteiger partial charge < -0.3 is 10.6 Å². The highest BCUT2D eigenvalue weighted by molar-refractivity contribution is 6.33. The van der Waals surface area contributed by atoms with Gasteiger partial charge in [0.2, 0.25) is 5.91 Å². The number of benzene rings is 1. The molecule has 0 aromatic heterocycles. The first-order chi connectivity index (χ1) is 8.60. The largest absolute Gasteiger partial charge is 0.342 e. The molecule has 18 heavy (non-hydrogen) atoms. The normalized spacial score (nSPS) is 19.3. The summed E-state index contributed by atoms with van der Waals surface area (Å²) in [5, 5.41) is 1.19. The third-order valence-corrected chi connectivity index (χ3v) is 3.93. The lowest BCUT2D eigenvalue weighted by Crippen LogP contribution is -2.31. The Bertz CT molecular complexity index is 451. The molecule has 1 aliphatic rings. The van der Waals surface area contributed by atoms with E-state index >= 15 is 0 Å². The second-order valence-electron chi connectivity index (χ2n) is 4.64. The van der Waals surface area contributed by atoms with Crippen molar-refractivity contribution in [2.24, 2.45) is 11.7 Å². The van der Waals surface area contributed by atoms with Gasteiger partial charge in [0, 0.05) is 23.1 Å². The van der Waals surface area contributed by atoms with Gasteiger partial charge in [-0.25, -0.2) is 0 Å². The number of carbonyl (C=O) groups excluding carboxylic acids is 1. The molecule has 3 nitrogen and oxygen atoms in total. The fourth-order valence-corrected chi connectivity index (χ4v) is 2.58. The van der Waals surface area contributed by atoms with E-state index in [1.54, 1.807) is 18.2 Å². The minimum Gasteiger partial charge on any atom is -0.342 e. The van der Waals surface area contributed by atoms with E-state index in [-0.39, 0.29) is 5.91 Å². The van der Waals surface area contributed by atoms with E-state index in [1.165, 1.54) is 0 Å². The number of halogens is 2. The molecule has 1 aromatic carbocycles. The Balaban J connectivity index is 2.01. The molecule has 2 rings (SSSR count). The molecule has 1 unspecified atom stereocenters. The van der Waals surface area contributed by atoms with Crippen LogP contribution in [0.1, 0.15) is 12.0 Å². The molecule has 1 aromatic rings. The monoisotopic (exact) mass is 286 g/mol. The Labute approximate surface area is 117 Å². The zero-order valence-electron chi connectivity index (χ0n) is 10.0. The maximum Gasteiger partial charge on any atom is 0.227 e. The Kier molecular flexibility index (Phi) is 4.49. The van der Waals surface area contributed by atoms with Gasteiger partial charge in [-0.05, 0) is 42.6 Å². The number of likely N-dealkylation sites (tertiary alicyclic amines) is 1. The van der Waals surface area contributed by atoms with Crippen LogP contribution in [-0.2, 0) is 11.2 Å². The first-order valence-electron chi connectivity index (χ1n) is 6.02. The van der Waals surface area contributed by atoms with Gasteiger partial charge in [-0.3, -0.25) is 4.79 Å². The van der Waals surface area contributed by atoms with Crippen molar-refractivity contribution in [1.29, 1.82) is 0 Å². The average molecular weight is 287 g/mol. The maximum absolute atomic E-state index is 12.1. The summed E-state index contributed by atoms with van der Waals surface area (Å²) >= 11 is 12.0. The van der Waals surface area contributed by atoms with Crippen molar-refractivity contribution >= 4 is 29.1 Å². The van der Waals surface area contributed by atoms with E-state index in [0.29, 0.717) is 28.9 Å². The summed E-state index contributed by atoms with van der Waals surface area (Å²) in [7, 11) is 0. The van der Waals surface area contributed by atoms with Crippen LogP contribution in [0, 0.1) is 5.92 Å². The molecule has 0 aliphatic carbocycles. The Hall–Kier alpha value is -0.770. The molecule has 1 fully saturated rings. The van der Waals surface area contributed by atoms with Crippen molar-refractivity contribution in [3.8, 4) is 0 Å². The first-order valence-corrected chi connectivity index (χ1v) is 6.77. The SMILES string of the molecule is NCC1CCN(C(=O)Cc2cc(Cl)ccc2Cl)C1. The van der Waals surface area contributed by atoms with Gasteiger partial charge in [0.15, 0.2) is 0 Å². The molecule has 1 saturated heterocycles. The Morgan fingerprint density at radius 3 is 2.89 bits per heavy atom. The minimum atomic E-state index is 0.0927. The van der Waals surface area contributed by atoms with Crippen LogP contribution in [0.2, 0.25) is 10.0 Å². The smallest absolute Gasteiger partial charge is 0.227 e. The summed E-state index contributed by atoms with van der Waals surface area (Å²) in [5.74, 6) is 0.527. The van der Waals surface area contributed by atoms with Crippen LogP contribution in [0.15, 0.2) is 18.2 Å². The fourth-order valence-electron chi connectivity index (χ4n) is 2.21. The summed E-state index contributed by atoms with van der Waals surface area (Å²) in [4.78, 5) is 14.0. The fraction of sp³-hybridized carbons (Fsp3) is 0.462. The second-order valence-corrected chi connectivity index (χ2v) is 5.49. The third kappa shape index (κ3) is 3.16. The van der Waals surface area contributed by atoms with E-state index in [2.05, 4.69) is 0 Å². The molecule has 0 radical (unpaired) electrons. The number of nitrogens with two attached hydrogens (primary N) is 1. The molecule has 1 amide bonds. The highest BCUT2D eigenvalue weighted by Gasteiger charge is 2.25. The Morgan fingerprint density at radius 2 is 2.22 bits per heavy atom. The van der Waals surface area contributed by atoms with Crippen LogP contribution in [-0.4, -0.2) is 30.4 Å². The summed E-state index contributed by atoms with van der Waals surface area (Å²) in [5.41, 5.74) is 6.40. The summed E-state index contributed by atoms with van der Waals surface area (Å²) in [6, 6.07) is 5.19.